The van der Waals surface area contributed by atoms with Gasteiger partial charge in [0.05, 0.1) is 22.7 Å². The molecule has 2 rings (SSSR count). The minimum Gasteiger partial charge on any atom is -0.368 e. The molecular formula is C14H27NO3S. The lowest BCUT2D eigenvalue weighted by Crippen LogP contribution is -2.45. The molecule has 2 saturated heterocycles. The van der Waals surface area contributed by atoms with Gasteiger partial charge in [-0.05, 0) is 59.4 Å². The van der Waals surface area contributed by atoms with E-state index in [0.717, 1.165) is 25.8 Å². The molecule has 112 valence electrons. The molecule has 5 heteroatoms. The van der Waals surface area contributed by atoms with E-state index in [9.17, 15) is 8.42 Å². The molecule has 0 bridgehead atoms. The lowest BCUT2D eigenvalue weighted by molar-refractivity contribution is -0.0699. The topological polar surface area (TPSA) is 55.4 Å². The van der Waals surface area contributed by atoms with Gasteiger partial charge in [0.2, 0.25) is 0 Å². The number of hydrogen-bond acceptors (Lipinski definition) is 4. The highest BCUT2D eigenvalue weighted by Crippen LogP contribution is 2.37. The molecule has 19 heavy (non-hydrogen) atoms. The van der Waals surface area contributed by atoms with Crippen molar-refractivity contribution >= 4 is 9.84 Å². The summed E-state index contributed by atoms with van der Waals surface area (Å²) in [5.74, 6) is 1.20. The van der Waals surface area contributed by atoms with Gasteiger partial charge in [0.1, 0.15) is 9.84 Å². The van der Waals surface area contributed by atoms with Crippen LogP contribution in [-0.4, -0.2) is 43.7 Å². The normalized spacial score (nSPS) is 33.4. The molecule has 2 fully saturated rings. The van der Waals surface area contributed by atoms with Crippen molar-refractivity contribution in [1.82, 2.24) is 5.32 Å². The van der Waals surface area contributed by atoms with Crippen LogP contribution < -0.4 is 5.32 Å². The lowest BCUT2D eigenvalue weighted by Gasteiger charge is -2.30. The second kappa shape index (κ2) is 5.01. The number of nitrogens with one attached hydrogen (secondary N) is 1. The monoisotopic (exact) mass is 289 g/mol. The van der Waals surface area contributed by atoms with E-state index >= 15 is 0 Å². The van der Waals surface area contributed by atoms with E-state index in [1.54, 1.807) is 0 Å². The summed E-state index contributed by atoms with van der Waals surface area (Å²) >= 11 is 0. The van der Waals surface area contributed by atoms with Crippen molar-refractivity contribution in [3.05, 3.63) is 0 Å². The van der Waals surface area contributed by atoms with Crippen LogP contribution in [0.4, 0.5) is 0 Å². The Balaban J connectivity index is 1.83. The van der Waals surface area contributed by atoms with Crippen molar-refractivity contribution < 1.29 is 13.2 Å². The second-order valence-electron chi connectivity index (χ2n) is 7.23. The van der Waals surface area contributed by atoms with E-state index in [1.165, 1.54) is 0 Å². The Labute approximate surface area is 117 Å². The minimum atomic E-state index is -2.75. The van der Waals surface area contributed by atoms with Gasteiger partial charge in [-0.1, -0.05) is 0 Å². The van der Waals surface area contributed by atoms with Crippen molar-refractivity contribution in [2.24, 2.45) is 5.92 Å². The van der Waals surface area contributed by atoms with Gasteiger partial charge in [-0.25, -0.2) is 8.42 Å². The van der Waals surface area contributed by atoms with Crippen molar-refractivity contribution in [1.29, 1.82) is 0 Å². The van der Waals surface area contributed by atoms with Crippen molar-refractivity contribution in [2.75, 3.05) is 18.1 Å². The Morgan fingerprint density at radius 3 is 2.21 bits per heavy atom. The Hall–Kier alpha value is -0.130. The molecule has 2 aliphatic rings. The van der Waals surface area contributed by atoms with Gasteiger partial charge < -0.3 is 10.1 Å². The second-order valence-corrected chi connectivity index (χ2v) is 9.53. The Morgan fingerprint density at radius 1 is 1.16 bits per heavy atom. The molecule has 0 radical (unpaired) electrons. The average Bonchev–Trinajstić information content (AvgIpc) is 2.45. The molecule has 0 aliphatic carbocycles. The molecule has 2 heterocycles. The highest BCUT2D eigenvalue weighted by Gasteiger charge is 2.45. The van der Waals surface area contributed by atoms with Gasteiger partial charge in [0.15, 0.2) is 0 Å². The Kier molecular flexibility index (Phi) is 4.02. The first-order chi connectivity index (χ1) is 8.60. The summed E-state index contributed by atoms with van der Waals surface area (Å²) in [6.07, 6.45) is 2.60. The van der Waals surface area contributed by atoms with E-state index < -0.39 is 9.84 Å². The minimum absolute atomic E-state index is 0.0724. The number of ether oxygens (including phenoxy) is 1. The van der Waals surface area contributed by atoms with Gasteiger partial charge >= 0.3 is 0 Å². The molecule has 4 nitrogen and oxygen atoms in total. The summed E-state index contributed by atoms with van der Waals surface area (Å²) in [4.78, 5) is 0. The fourth-order valence-corrected chi connectivity index (χ4v) is 4.92. The number of rotatable bonds is 3. The van der Waals surface area contributed by atoms with Gasteiger partial charge in [0, 0.05) is 6.04 Å². The smallest absolute Gasteiger partial charge is 0.150 e. The van der Waals surface area contributed by atoms with Crippen LogP contribution in [0.1, 0.15) is 47.0 Å². The third kappa shape index (κ3) is 3.92. The average molecular weight is 289 g/mol. The van der Waals surface area contributed by atoms with Crippen LogP contribution in [0.2, 0.25) is 0 Å². The third-order valence-corrected chi connectivity index (χ3v) is 6.12. The van der Waals surface area contributed by atoms with Crippen molar-refractivity contribution in [3.63, 3.8) is 0 Å². The Bertz CT molecular complexity index is 414. The lowest BCUT2D eigenvalue weighted by atomic mass is 9.93. The predicted molar refractivity (Wildman–Crippen MR) is 77.0 cm³/mol. The molecule has 2 aliphatic heterocycles. The SMILES string of the molecule is CC1(C)C[C@@H](NCC2CCS(=O)(=O)CC2)C(C)(C)O1. The molecule has 1 N–H and O–H groups in total. The molecule has 0 amide bonds. The Morgan fingerprint density at radius 2 is 1.74 bits per heavy atom. The summed E-state index contributed by atoms with van der Waals surface area (Å²) < 4.78 is 28.9. The van der Waals surface area contributed by atoms with Gasteiger partial charge in [-0.2, -0.15) is 0 Å². The zero-order valence-electron chi connectivity index (χ0n) is 12.5. The summed E-state index contributed by atoms with van der Waals surface area (Å²) in [6.45, 7) is 9.42. The predicted octanol–water partition coefficient (Wildman–Crippen LogP) is 1.75. The van der Waals surface area contributed by atoms with Gasteiger partial charge in [-0.15, -0.1) is 0 Å². The maximum atomic E-state index is 11.4. The van der Waals surface area contributed by atoms with Crippen LogP contribution in [-0.2, 0) is 14.6 Å². The zero-order valence-corrected chi connectivity index (χ0v) is 13.3. The first kappa shape index (κ1) is 15.3. The quantitative estimate of drug-likeness (QED) is 0.860. The van der Waals surface area contributed by atoms with E-state index in [1.807, 2.05) is 0 Å². The largest absolute Gasteiger partial charge is 0.368 e. The van der Waals surface area contributed by atoms with E-state index in [-0.39, 0.29) is 11.2 Å². The standard InChI is InChI=1S/C14H27NO3S/c1-13(2)9-12(14(3,4)18-13)15-10-11-5-7-19(16,17)8-6-11/h11-12,15H,5-10H2,1-4H3/t12-/m1/s1. The molecule has 0 aromatic carbocycles. The van der Waals surface area contributed by atoms with E-state index in [2.05, 4.69) is 33.0 Å². The molecule has 0 saturated carbocycles. The highest BCUT2D eigenvalue weighted by molar-refractivity contribution is 7.91. The van der Waals surface area contributed by atoms with Crippen molar-refractivity contribution in [3.8, 4) is 0 Å². The summed E-state index contributed by atoms with van der Waals surface area (Å²) in [5, 5.41) is 3.60. The summed E-state index contributed by atoms with van der Waals surface area (Å²) in [6, 6.07) is 0.348. The molecule has 0 spiro atoms. The van der Waals surface area contributed by atoms with Crippen molar-refractivity contribution in [2.45, 2.75) is 64.2 Å². The van der Waals surface area contributed by atoms with Crippen LogP contribution in [0.15, 0.2) is 0 Å². The third-order valence-electron chi connectivity index (χ3n) is 4.40. The number of sulfone groups is 1. The molecule has 0 aromatic rings. The fraction of sp³-hybridized carbons (Fsp3) is 1.00. The van der Waals surface area contributed by atoms with Crippen LogP contribution in [0.5, 0.6) is 0 Å². The molecular weight excluding hydrogens is 262 g/mol. The van der Waals surface area contributed by atoms with E-state index in [0.29, 0.717) is 23.5 Å². The first-order valence-electron chi connectivity index (χ1n) is 7.24. The van der Waals surface area contributed by atoms with Crippen LogP contribution in [0.25, 0.3) is 0 Å². The zero-order chi connectivity index (χ0) is 14.3. The van der Waals surface area contributed by atoms with Gasteiger partial charge in [0.25, 0.3) is 0 Å². The number of hydrogen-bond donors (Lipinski definition) is 1. The van der Waals surface area contributed by atoms with E-state index in [4.69, 9.17) is 4.74 Å². The summed E-state index contributed by atoms with van der Waals surface area (Å²) in [5.41, 5.74) is -0.221. The summed E-state index contributed by atoms with van der Waals surface area (Å²) in [7, 11) is -2.75. The fourth-order valence-electron chi connectivity index (χ4n) is 3.33. The molecule has 1 atom stereocenters. The molecule has 0 aromatic heterocycles. The first-order valence-corrected chi connectivity index (χ1v) is 9.06. The molecule has 0 unspecified atom stereocenters. The maximum absolute atomic E-state index is 11.4. The van der Waals surface area contributed by atoms with Crippen LogP contribution in [0, 0.1) is 5.92 Å². The van der Waals surface area contributed by atoms with Crippen LogP contribution in [0.3, 0.4) is 0 Å². The maximum Gasteiger partial charge on any atom is 0.150 e. The highest BCUT2D eigenvalue weighted by atomic mass is 32.2. The van der Waals surface area contributed by atoms with Crippen LogP contribution >= 0.6 is 0 Å². The van der Waals surface area contributed by atoms with Gasteiger partial charge in [-0.3, -0.25) is 0 Å².